The third kappa shape index (κ3) is 3.83. The molecule has 1 aliphatic heterocycles. The van der Waals surface area contributed by atoms with Crippen molar-refractivity contribution < 1.29 is 11.6 Å². The Morgan fingerprint density at radius 2 is 1.92 bits per heavy atom. The number of nitrogens with zero attached hydrogens (tertiary/aromatic N) is 1. The first-order chi connectivity index (χ1) is 13.7. The molecule has 1 aliphatic rings. The highest BCUT2D eigenvalue weighted by atomic mass is 35.5. The minimum absolute atomic E-state index is 0.144. The monoisotopic (exact) mass is 348 g/mol. The zero-order valence-corrected chi connectivity index (χ0v) is 14.9. The predicted octanol–water partition coefficient (Wildman–Crippen LogP) is 5.10. The van der Waals surface area contributed by atoms with Gasteiger partial charge in [0, 0.05) is 17.7 Å². The summed E-state index contributed by atoms with van der Waals surface area (Å²) < 4.78 is 47.2. The van der Waals surface area contributed by atoms with Crippen LogP contribution in [0.5, 0.6) is 0 Å². The predicted molar refractivity (Wildman–Crippen MR) is 101 cm³/mol. The first-order valence-corrected chi connectivity index (χ1v) is 8.72. The molecule has 24 heavy (non-hydrogen) atoms. The van der Waals surface area contributed by atoms with E-state index >= 15 is 0 Å². The van der Waals surface area contributed by atoms with Gasteiger partial charge in [-0.05, 0) is 63.0 Å². The quantitative estimate of drug-likeness (QED) is 0.719. The standard InChI is InChI=1S/C21H26ClNO/c1-21(17-7-4-3-5-8-17,18-10-12-19(22)13-11-18)24-16-14-20-9-6-15-23(20)2/h3-5,7-8,10-13,20H,6,9,14-16H2,1-2H3/t20-,21-/m1/s1/i3D,4D,5D,7D,8D. The van der Waals surface area contributed by atoms with Gasteiger partial charge in [-0.25, -0.2) is 0 Å². The van der Waals surface area contributed by atoms with Gasteiger partial charge in [-0.1, -0.05) is 53.9 Å². The Hall–Kier alpha value is -1.35. The fourth-order valence-electron chi connectivity index (χ4n) is 3.30. The molecule has 0 spiro atoms. The molecule has 3 heteroatoms. The molecule has 0 N–H and O–H groups in total. The molecule has 2 aromatic carbocycles. The van der Waals surface area contributed by atoms with Crippen molar-refractivity contribution in [3.05, 3.63) is 70.6 Å². The summed E-state index contributed by atoms with van der Waals surface area (Å²) in [5.41, 5.74) is -0.360. The minimum atomic E-state index is -1.20. The fourth-order valence-corrected chi connectivity index (χ4v) is 3.43. The summed E-state index contributed by atoms with van der Waals surface area (Å²) in [6.45, 7) is 3.25. The summed E-state index contributed by atoms with van der Waals surface area (Å²) in [4.78, 5) is 2.31. The Bertz CT molecular complexity index is 863. The molecular formula is C21H26ClNO. The Labute approximate surface area is 157 Å². The van der Waals surface area contributed by atoms with Gasteiger partial charge in [-0.3, -0.25) is 0 Å². The molecule has 0 amide bonds. The van der Waals surface area contributed by atoms with Crippen molar-refractivity contribution in [3.8, 4) is 0 Å². The van der Waals surface area contributed by atoms with Crippen molar-refractivity contribution in [2.45, 2.75) is 37.8 Å². The van der Waals surface area contributed by atoms with Crippen molar-refractivity contribution in [2.75, 3.05) is 20.2 Å². The van der Waals surface area contributed by atoms with Crippen LogP contribution in [-0.2, 0) is 10.3 Å². The largest absolute Gasteiger partial charge is 0.366 e. The lowest BCUT2D eigenvalue weighted by Crippen LogP contribution is -2.31. The molecule has 2 atom stereocenters. The Morgan fingerprint density at radius 1 is 1.21 bits per heavy atom. The molecule has 128 valence electrons. The van der Waals surface area contributed by atoms with E-state index in [0.717, 1.165) is 19.4 Å². The zero-order chi connectivity index (χ0) is 21.3. The van der Waals surface area contributed by atoms with E-state index in [1.807, 2.05) is 0 Å². The highest BCUT2D eigenvalue weighted by Crippen LogP contribution is 2.34. The van der Waals surface area contributed by atoms with Gasteiger partial charge >= 0.3 is 0 Å². The van der Waals surface area contributed by atoms with E-state index < -0.39 is 11.6 Å². The first kappa shape index (κ1) is 12.1. The Kier molecular flexibility index (Phi) is 3.87. The summed E-state index contributed by atoms with van der Waals surface area (Å²) in [5, 5.41) is 0.560. The van der Waals surface area contributed by atoms with Crippen LogP contribution in [0, 0.1) is 0 Å². The third-order valence-corrected chi connectivity index (χ3v) is 5.14. The van der Waals surface area contributed by atoms with Crippen LogP contribution in [0.4, 0.5) is 0 Å². The first-order valence-electron chi connectivity index (χ1n) is 10.8. The van der Waals surface area contributed by atoms with Crippen LogP contribution in [0.3, 0.4) is 0 Å². The van der Waals surface area contributed by atoms with E-state index in [4.69, 9.17) is 23.2 Å². The van der Waals surface area contributed by atoms with Gasteiger partial charge in [-0.2, -0.15) is 0 Å². The molecule has 0 unspecified atom stereocenters. The highest BCUT2D eigenvalue weighted by Gasteiger charge is 2.30. The number of hydrogen-bond donors (Lipinski definition) is 0. The van der Waals surface area contributed by atoms with E-state index in [9.17, 15) is 0 Å². The van der Waals surface area contributed by atoms with Crippen molar-refractivity contribution >= 4 is 11.6 Å². The average Bonchev–Trinajstić information content (AvgIpc) is 3.10. The Balaban J connectivity index is 2.03. The molecule has 2 aromatic rings. The maximum Gasteiger partial charge on any atom is 0.115 e. The van der Waals surface area contributed by atoms with E-state index in [0.29, 0.717) is 23.2 Å². The number of benzene rings is 2. The van der Waals surface area contributed by atoms with Gasteiger partial charge in [0.15, 0.2) is 0 Å². The molecule has 0 radical (unpaired) electrons. The second-order valence-electron chi connectivity index (χ2n) is 6.45. The lowest BCUT2D eigenvalue weighted by Gasteiger charge is -2.32. The maximum atomic E-state index is 8.43. The molecule has 2 nitrogen and oxygen atoms in total. The SMILES string of the molecule is [2H]c1c([2H])c([2H])c([C@@](C)(OCC[C@H]2CCCN2C)c2ccc(Cl)cc2)c([2H])c1[2H]. The Morgan fingerprint density at radius 3 is 2.54 bits per heavy atom. The van der Waals surface area contributed by atoms with Crippen molar-refractivity contribution in [1.82, 2.24) is 4.90 Å². The summed E-state index contributed by atoms with van der Waals surface area (Å²) in [7, 11) is 2.10. The van der Waals surface area contributed by atoms with Crippen LogP contribution < -0.4 is 0 Å². The van der Waals surface area contributed by atoms with Gasteiger partial charge in [0.2, 0.25) is 0 Å². The topological polar surface area (TPSA) is 12.5 Å². The van der Waals surface area contributed by atoms with E-state index in [2.05, 4.69) is 11.9 Å². The second-order valence-corrected chi connectivity index (χ2v) is 6.89. The molecule has 0 aliphatic carbocycles. The molecule has 0 bridgehead atoms. The summed E-state index contributed by atoms with van der Waals surface area (Å²) in [6, 6.07) is 5.82. The van der Waals surface area contributed by atoms with Gasteiger partial charge in [0.05, 0.1) is 6.85 Å². The van der Waals surface area contributed by atoms with Crippen molar-refractivity contribution in [3.63, 3.8) is 0 Å². The van der Waals surface area contributed by atoms with Crippen LogP contribution in [0.2, 0.25) is 5.02 Å². The van der Waals surface area contributed by atoms with Crippen LogP contribution >= 0.6 is 11.6 Å². The summed E-state index contributed by atoms with van der Waals surface area (Å²) in [5.74, 6) is 0. The maximum absolute atomic E-state index is 8.43. The van der Waals surface area contributed by atoms with Crippen LogP contribution in [0.15, 0.2) is 54.5 Å². The number of hydrogen-bond acceptors (Lipinski definition) is 2. The summed E-state index contributed by atoms with van der Waals surface area (Å²) >= 11 is 6.04. The molecular weight excluding hydrogens is 318 g/mol. The van der Waals surface area contributed by atoms with Gasteiger partial charge in [-0.15, -0.1) is 0 Å². The van der Waals surface area contributed by atoms with Gasteiger partial charge < -0.3 is 9.64 Å². The van der Waals surface area contributed by atoms with Crippen molar-refractivity contribution in [2.24, 2.45) is 0 Å². The van der Waals surface area contributed by atoms with Crippen LogP contribution in [-0.4, -0.2) is 31.1 Å². The van der Waals surface area contributed by atoms with Crippen LogP contribution in [0.1, 0.15) is 44.2 Å². The second kappa shape index (κ2) is 7.69. The summed E-state index contributed by atoms with van der Waals surface area (Å²) in [6.07, 6.45) is 3.10. The fraction of sp³-hybridized carbons (Fsp3) is 0.429. The molecule has 1 fully saturated rings. The van der Waals surface area contributed by atoms with E-state index in [1.165, 1.54) is 6.42 Å². The number of ether oxygens (including phenoxy) is 1. The molecule has 0 saturated carbocycles. The van der Waals surface area contributed by atoms with Crippen LogP contribution in [0.25, 0.3) is 0 Å². The molecule has 0 aromatic heterocycles. The number of rotatable bonds is 6. The van der Waals surface area contributed by atoms with E-state index in [-0.39, 0.29) is 29.7 Å². The number of halogens is 1. The molecule has 1 saturated heterocycles. The zero-order valence-electron chi connectivity index (χ0n) is 19.2. The molecule has 3 rings (SSSR count). The third-order valence-electron chi connectivity index (χ3n) is 4.89. The normalized spacial score (nSPS) is 23.8. The van der Waals surface area contributed by atoms with Crippen molar-refractivity contribution in [1.29, 1.82) is 0 Å². The minimum Gasteiger partial charge on any atom is -0.366 e. The smallest absolute Gasteiger partial charge is 0.115 e. The highest BCUT2D eigenvalue weighted by molar-refractivity contribution is 6.30. The number of likely N-dealkylation sites (tertiary alicyclic amines) is 1. The van der Waals surface area contributed by atoms with E-state index in [1.54, 1.807) is 31.2 Å². The van der Waals surface area contributed by atoms with Gasteiger partial charge in [0.25, 0.3) is 0 Å². The lowest BCUT2D eigenvalue weighted by molar-refractivity contribution is -0.0117. The molecule has 1 heterocycles. The lowest BCUT2D eigenvalue weighted by atomic mass is 9.88. The van der Waals surface area contributed by atoms with Gasteiger partial charge in [0.1, 0.15) is 5.60 Å². The average molecular weight is 349 g/mol.